The standard InChI is InChI=1S/C14H26N4O/c1-14(2,3)16-10-12-17-18-13(19-12)15-9-11-7-5-4-6-8-11/h11,16H,4-10H2,1-3H3,(H,15,18). The third-order valence-electron chi connectivity index (χ3n) is 3.50. The van der Waals surface area contributed by atoms with E-state index in [2.05, 4.69) is 41.6 Å². The molecule has 1 aliphatic carbocycles. The largest absolute Gasteiger partial charge is 0.407 e. The van der Waals surface area contributed by atoms with E-state index in [0.29, 0.717) is 18.5 Å². The third-order valence-corrected chi connectivity index (χ3v) is 3.50. The van der Waals surface area contributed by atoms with Crippen LogP contribution in [-0.4, -0.2) is 22.3 Å². The summed E-state index contributed by atoms with van der Waals surface area (Å²) in [5.74, 6) is 1.40. The van der Waals surface area contributed by atoms with Gasteiger partial charge in [-0.3, -0.25) is 0 Å². The van der Waals surface area contributed by atoms with Crippen molar-refractivity contribution >= 4 is 6.01 Å². The average molecular weight is 266 g/mol. The Balaban J connectivity index is 1.74. The Kier molecular flexibility index (Phi) is 4.80. The number of rotatable bonds is 5. The third kappa shape index (κ3) is 5.19. The van der Waals surface area contributed by atoms with Crippen molar-refractivity contribution in [2.24, 2.45) is 5.92 Å². The fraction of sp³-hybridized carbons (Fsp3) is 0.857. The lowest BCUT2D eigenvalue weighted by Crippen LogP contribution is -2.35. The topological polar surface area (TPSA) is 63.0 Å². The molecule has 0 unspecified atom stereocenters. The maximum absolute atomic E-state index is 5.57. The van der Waals surface area contributed by atoms with Gasteiger partial charge in [-0.25, -0.2) is 0 Å². The van der Waals surface area contributed by atoms with Crippen molar-refractivity contribution in [1.29, 1.82) is 0 Å². The molecule has 1 fully saturated rings. The van der Waals surface area contributed by atoms with Gasteiger partial charge < -0.3 is 15.1 Å². The summed E-state index contributed by atoms with van der Waals surface area (Å²) in [5.41, 5.74) is 0.0597. The highest BCUT2D eigenvalue weighted by Crippen LogP contribution is 2.23. The van der Waals surface area contributed by atoms with E-state index < -0.39 is 0 Å². The summed E-state index contributed by atoms with van der Waals surface area (Å²) >= 11 is 0. The second kappa shape index (κ2) is 6.37. The van der Waals surface area contributed by atoms with Gasteiger partial charge in [-0.15, -0.1) is 5.10 Å². The molecule has 19 heavy (non-hydrogen) atoms. The molecule has 0 amide bonds. The van der Waals surface area contributed by atoms with Crippen molar-refractivity contribution in [3.8, 4) is 0 Å². The first-order chi connectivity index (χ1) is 9.03. The molecule has 5 heteroatoms. The first kappa shape index (κ1) is 14.3. The summed E-state index contributed by atoms with van der Waals surface area (Å²) < 4.78 is 5.57. The van der Waals surface area contributed by atoms with Crippen LogP contribution >= 0.6 is 0 Å². The minimum Gasteiger partial charge on any atom is -0.407 e. The van der Waals surface area contributed by atoms with Gasteiger partial charge in [0.05, 0.1) is 6.54 Å². The zero-order chi connectivity index (χ0) is 13.7. The fourth-order valence-electron chi connectivity index (χ4n) is 2.36. The Morgan fingerprint density at radius 1 is 1.16 bits per heavy atom. The Morgan fingerprint density at radius 3 is 2.58 bits per heavy atom. The van der Waals surface area contributed by atoms with Gasteiger partial charge in [0.25, 0.3) is 0 Å². The summed E-state index contributed by atoms with van der Waals surface area (Å²) in [5, 5.41) is 14.7. The molecular formula is C14H26N4O. The molecule has 0 atom stereocenters. The number of anilines is 1. The lowest BCUT2D eigenvalue weighted by atomic mass is 9.89. The minimum atomic E-state index is 0.0597. The quantitative estimate of drug-likeness (QED) is 0.858. The molecular weight excluding hydrogens is 240 g/mol. The second-order valence-corrected chi connectivity index (χ2v) is 6.49. The molecule has 0 radical (unpaired) electrons. The summed E-state index contributed by atoms with van der Waals surface area (Å²) in [6.07, 6.45) is 6.74. The number of hydrogen-bond donors (Lipinski definition) is 2. The highest BCUT2D eigenvalue weighted by atomic mass is 16.4. The van der Waals surface area contributed by atoms with Crippen LogP contribution in [0.1, 0.15) is 58.8 Å². The van der Waals surface area contributed by atoms with Crippen molar-refractivity contribution in [1.82, 2.24) is 15.5 Å². The monoisotopic (exact) mass is 266 g/mol. The van der Waals surface area contributed by atoms with Gasteiger partial charge in [0.2, 0.25) is 5.89 Å². The van der Waals surface area contributed by atoms with E-state index in [4.69, 9.17) is 4.42 Å². The predicted octanol–water partition coefficient (Wildman–Crippen LogP) is 2.95. The molecule has 0 spiro atoms. The van der Waals surface area contributed by atoms with Crippen molar-refractivity contribution in [2.45, 2.75) is 65.0 Å². The molecule has 0 aliphatic heterocycles. The highest BCUT2D eigenvalue weighted by Gasteiger charge is 2.15. The van der Waals surface area contributed by atoms with E-state index in [1.54, 1.807) is 0 Å². The highest BCUT2D eigenvalue weighted by molar-refractivity contribution is 5.16. The van der Waals surface area contributed by atoms with Gasteiger partial charge in [0.15, 0.2) is 0 Å². The summed E-state index contributed by atoms with van der Waals surface area (Å²) in [6, 6.07) is 0.552. The Bertz CT molecular complexity index is 377. The van der Waals surface area contributed by atoms with Crippen molar-refractivity contribution in [2.75, 3.05) is 11.9 Å². The molecule has 0 bridgehead atoms. The van der Waals surface area contributed by atoms with E-state index in [1.807, 2.05) is 0 Å². The van der Waals surface area contributed by atoms with Gasteiger partial charge in [0, 0.05) is 12.1 Å². The van der Waals surface area contributed by atoms with Gasteiger partial charge >= 0.3 is 6.01 Å². The number of aromatic nitrogens is 2. The molecule has 2 N–H and O–H groups in total. The number of nitrogens with zero attached hydrogens (tertiary/aromatic N) is 2. The SMILES string of the molecule is CC(C)(C)NCc1nnc(NCC2CCCCC2)o1. The zero-order valence-electron chi connectivity index (χ0n) is 12.3. The molecule has 0 aromatic carbocycles. The first-order valence-corrected chi connectivity index (χ1v) is 7.34. The predicted molar refractivity (Wildman–Crippen MR) is 76.0 cm³/mol. The zero-order valence-corrected chi connectivity index (χ0v) is 12.3. The van der Waals surface area contributed by atoms with Crippen LogP contribution in [0.2, 0.25) is 0 Å². The van der Waals surface area contributed by atoms with Crippen molar-refractivity contribution < 1.29 is 4.42 Å². The van der Waals surface area contributed by atoms with E-state index in [-0.39, 0.29) is 5.54 Å². The van der Waals surface area contributed by atoms with E-state index >= 15 is 0 Å². The maximum atomic E-state index is 5.57. The van der Waals surface area contributed by atoms with E-state index in [1.165, 1.54) is 32.1 Å². The molecule has 1 heterocycles. The molecule has 108 valence electrons. The second-order valence-electron chi connectivity index (χ2n) is 6.49. The number of nitrogens with one attached hydrogen (secondary N) is 2. The van der Waals surface area contributed by atoms with Gasteiger partial charge in [-0.2, -0.15) is 0 Å². The molecule has 0 saturated heterocycles. The Morgan fingerprint density at radius 2 is 1.89 bits per heavy atom. The number of hydrogen-bond acceptors (Lipinski definition) is 5. The molecule has 1 aromatic rings. The van der Waals surface area contributed by atoms with Gasteiger partial charge in [-0.05, 0) is 39.5 Å². The van der Waals surface area contributed by atoms with Crippen molar-refractivity contribution in [3.05, 3.63) is 5.89 Å². The van der Waals surface area contributed by atoms with Crippen LogP contribution < -0.4 is 10.6 Å². The molecule has 5 nitrogen and oxygen atoms in total. The molecule has 2 rings (SSSR count). The summed E-state index contributed by atoms with van der Waals surface area (Å²) in [4.78, 5) is 0. The van der Waals surface area contributed by atoms with Gasteiger partial charge in [0.1, 0.15) is 0 Å². The first-order valence-electron chi connectivity index (χ1n) is 7.34. The van der Waals surface area contributed by atoms with Crippen LogP contribution in [-0.2, 0) is 6.54 Å². The normalized spacial score (nSPS) is 17.6. The lowest BCUT2D eigenvalue weighted by molar-refractivity contribution is 0.366. The van der Waals surface area contributed by atoms with Crippen molar-refractivity contribution in [3.63, 3.8) is 0 Å². The summed E-state index contributed by atoms with van der Waals surface area (Å²) in [6.45, 7) is 7.92. The van der Waals surface area contributed by atoms with Gasteiger partial charge in [-0.1, -0.05) is 24.4 Å². The maximum Gasteiger partial charge on any atom is 0.315 e. The van der Waals surface area contributed by atoms with Crippen LogP contribution in [0.4, 0.5) is 6.01 Å². The fourth-order valence-corrected chi connectivity index (χ4v) is 2.36. The Hall–Kier alpha value is -1.10. The van der Waals surface area contributed by atoms with Crippen LogP contribution in [0.15, 0.2) is 4.42 Å². The molecule has 1 aromatic heterocycles. The minimum absolute atomic E-state index is 0.0597. The van der Waals surface area contributed by atoms with E-state index in [0.717, 1.165) is 12.5 Å². The smallest absolute Gasteiger partial charge is 0.315 e. The lowest BCUT2D eigenvalue weighted by Gasteiger charge is -2.21. The Labute approximate surface area is 115 Å². The average Bonchev–Trinajstić information content (AvgIpc) is 2.82. The van der Waals surface area contributed by atoms with Crippen LogP contribution in [0.25, 0.3) is 0 Å². The summed E-state index contributed by atoms with van der Waals surface area (Å²) in [7, 11) is 0. The van der Waals surface area contributed by atoms with E-state index in [9.17, 15) is 0 Å². The van der Waals surface area contributed by atoms with Crippen LogP contribution in [0, 0.1) is 5.92 Å². The van der Waals surface area contributed by atoms with Crippen LogP contribution in [0.5, 0.6) is 0 Å². The molecule has 1 aliphatic rings. The molecule has 1 saturated carbocycles. The van der Waals surface area contributed by atoms with Crippen LogP contribution in [0.3, 0.4) is 0 Å².